The molecule has 1 aromatic heterocycles. The van der Waals surface area contributed by atoms with Gasteiger partial charge in [0.25, 0.3) is 5.91 Å². The van der Waals surface area contributed by atoms with E-state index in [1.807, 2.05) is 4.57 Å². The Morgan fingerprint density at radius 1 is 1.31 bits per heavy atom. The number of nitrogens with one attached hydrogen (secondary N) is 1. The number of hydrogen-bond donors (Lipinski definition) is 1. The number of methoxy groups -OCH3 is 1. The highest BCUT2D eigenvalue weighted by Gasteiger charge is 2.16. The van der Waals surface area contributed by atoms with Gasteiger partial charge < -0.3 is 14.6 Å². The molecule has 6 nitrogen and oxygen atoms in total. The largest absolute Gasteiger partial charge is 0.383 e. The highest BCUT2D eigenvalue weighted by atomic mass is 32.2. The maximum atomic E-state index is 13.5. The summed E-state index contributed by atoms with van der Waals surface area (Å²) >= 11 is 2.54. The summed E-state index contributed by atoms with van der Waals surface area (Å²) < 4.78 is 21.3. The molecule has 0 radical (unpaired) electrons. The number of amides is 2. The van der Waals surface area contributed by atoms with E-state index in [-0.39, 0.29) is 35.2 Å². The van der Waals surface area contributed by atoms with E-state index in [9.17, 15) is 14.0 Å². The molecule has 0 atom stereocenters. The fourth-order valence-electron chi connectivity index (χ4n) is 3.42. The Kier molecular flexibility index (Phi) is 8.26. The number of thioether (sulfide) groups is 1. The summed E-state index contributed by atoms with van der Waals surface area (Å²) in [5.41, 5.74) is 0.819. The van der Waals surface area contributed by atoms with E-state index in [0.717, 1.165) is 35.9 Å². The minimum Gasteiger partial charge on any atom is -0.383 e. The first-order chi connectivity index (χ1) is 14.1. The number of fused-ring (bicyclic) bond motifs is 1. The summed E-state index contributed by atoms with van der Waals surface area (Å²) in [6, 6.07) is 4.79. The second-order valence-corrected chi connectivity index (χ2v) is 9.04. The second-order valence-electron chi connectivity index (χ2n) is 7.04. The smallest absolute Gasteiger partial charge is 0.258 e. The van der Waals surface area contributed by atoms with Crippen molar-refractivity contribution in [1.82, 2.24) is 9.88 Å². The molecule has 1 aliphatic rings. The molecule has 1 fully saturated rings. The van der Waals surface area contributed by atoms with Crippen LogP contribution in [0.1, 0.15) is 32.1 Å². The van der Waals surface area contributed by atoms with Crippen LogP contribution in [0.4, 0.5) is 4.39 Å². The Morgan fingerprint density at radius 3 is 2.86 bits per heavy atom. The maximum Gasteiger partial charge on any atom is 0.258 e. The van der Waals surface area contributed by atoms with Gasteiger partial charge >= 0.3 is 0 Å². The third kappa shape index (κ3) is 6.38. The highest BCUT2D eigenvalue weighted by Crippen LogP contribution is 2.19. The van der Waals surface area contributed by atoms with Gasteiger partial charge in [-0.2, -0.15) is 4.99 Å². The van der Waals surface area contributed by atoms with E-state index >= 15 is 0 Å². The number of thiazole rings is 1. The van der Waals surface area contributed by atoms with Crippen LogP contribution in [0.25, 0.3) is 10.2 Å². The summed E-state index contributed by atoms with van der Waals surface area (Å²) in [6.07, 6.45) is 5.65. The van der Waals surface area contributed by atoms with Gasteiger partial charge in [0, 0.05) is 19.7 Å². The Labute approximate surface area is 177 Å². The zero-order valence-electron chi connectivity index (χ0n) is 16.5. The van der Waals surface area contributed by atoms with Crippen molar-refractivity contribution in [2.75, 3.05) is 25.2 Å². The Bertz CT molecular complexity index is 919. The Hall–Kier alpha value is -1.71. The first-order valence-electron chi connectivity index (χ1n) is 9.79. The third-order valence-corrected chi connectivity index (χ3v) is 6.77. The molecule has 2 amide bonds. The van der Waals surface area contributed by atoms with Gasteiger partial charge in [0.1, 0.15) is 5.82 Å². The van der Waals surface area contributed by atoms with E-state index in [0.29, 0.717) is 18.0 Å². The SMILES string of the molecule is COCCn1c(=NC(=O)CSCC(=O)NC2CCCCC2)sc2cc(F)ccc21. The molecule has 158 valence electrons. The Balaban J connectivity index is 1.60. The van der Waals surface area contributed by atoms with Crippen LogP contribution < -0.4 is 10.1 Å². The first-order valence-corrected chi connectivity index (χ1v) is 11.8. The third-order valence-electron chi connectivity index (χ3n) is 4.81. The molecule has 1 saturated carbocycles. The van der Waals surface area contributed by atoms with E-state index in [4.69, 9.17) is 4.74 Å². The average molecular weight is 440 g/mol. The van der Waals surface area contributed by atoms with Crippen molar-refractivity contribution in [2.24, 2.45) is 4.99 Å². The summed E-state index contributed by atoms with van der Waals surface area (Å²) in [4.78, 5) is 29.1. The van der Waals surface area contributed by atoms with Crippen molar-refractivity contribution < 1.29 is 18.7 Å². The number of carbonyl (C=O) groups excluding carboxylic acids is 2. The predicted octanol–water partition coefficient (Wildman–Crippen LogP) is 3.10. The molecule has 29 heavy (non-hydrogen) atoms. The van der Waals surface area contributed by atoms with Gasteiger partial charge in [-0.3, -0.25) is 9.59 Å². The van der Waals surface area contributed by atoms with Gasteiger partial charge in [-0.05, 0) is 31.0 Å². The molecule has 1 aliphatic carbocycles. The van der Waals surface area contributed by atoms with Gasteiger partial charge in [-0.15, -0.1) is 11.8 Å². The summed E-state index contributed by atoms with van der Waals surface area (Å²) in [5, 5.41) is 3.04. The molecule has 0 bridgehead atoms. The van der Waals surface area contributed by atoms with E-state index in [2.05, 4.69) is 10.3 Å². The second kappa shape index (κ2) is 10.9. The lowest BCUT2D eigenvalue weighted by Crippen LogP contribution is -2.37. The molecular formula is C20H26FN3O3S2. The van der Waals surface area contributed by atoms with Crippen LogP contribution in [0, 0.1) is 5.82 Å². The molecule has 0 saturated heterocycles. The molecule has 1 heterocycles. The van der Waals surface area contributed by atoms with Gasteiger partial charge in [0.2, 0.25) is 5.91 Å². The minimum absolute atomic E-state index is 0.0257. The molecule has 0 unspecified atom stereocenters. The zero-order valence-corrected chi connectivity index (χ0v) is 18.1. The fraction of sp³-hybridized carbons (Fsp3) is 0.550. The predicted molar refractivity (Wildman–Crippen MR) is 115 cm³/mol. The number of nitrogens with zero attached hydrogens (tertiary/aromatic N) is 2. The van der Waals surface area contributed by atoms with Crippen LogP contribution in [0.5, 0.6) is 0 Å². The molecule has 3 rings (SSSR count). The molecule has 1 N–H and O–H groups in total. The van der Waals surface area contributed by atoms with Gasteiger partial charge in [0.15, 0.2) is 4.80 Å². The number of aromatic nitrogens is 1. The van der Waals surface area contributed by atoms with Crippen LogP contribution in [-0.2, 0) is 20.9 Å². The number of carbonyl (C=O) groups is 2. The van der Waals surface area contributed by atoms with E-state index in [1.165, 1.54) is 41.7 Å². The van der Waals surface area contributed by atoms with E-state index in [1.54, 1.807) is 13.2 Å². The summed E-state index contributed by atoms with van der Waals surface area (Å²) in [7, 11) is 1.60. The van der Waals surface area contributed by atoms with Crippen molar-refractivity contribution in [3.8, 4) is 0 Å². The van der Waals surface area contributed by atoms with Crippen molar-refractivity contribution in [1.29, 1.82) is 0 Å². The van der Waals surface area contributed by atoms with Crippen LogP contribution in [-0.4, -0.2) is 47.6 Å². The van der Waals surface area contributed by atoms with E-state index < -0.39 is 0 Å². The van der Waals surface area contributed by atoms with Crippen molar-refractivity contribution in [3.63, 3.8) is 0 Å². The van der Waals surface area contributed by atoms with Crippen molar-refractivity contribution in [2.45, 2.75) is 44.7 Å². The van der Waals surface area contributed by atoms with Crippen LogP contribution >= 0.6 is 23.1 Å². The first kappa shape index (κ1) is 22.0. The lowest BCUT2D eigenvalue weighted by molar-refractivity contribution is -0.119. The number of halogens is 1. The monoisotopic (exact) mass is 439 g/mol. The number of ether oxygens (including phenoxy) is 1. The van der Waals surface area contributed by atoms with Gasteiger partial charge in [-0.1, -0.05) is 30.6 Å². The van der Waals surface area contributed by atoms with Gasteiger partial charge in [-0.25, -0.2) is 4.39 Å². The Morgan fingerprint density at radius 2 is 2.10 bits per heavy atom. The lowest BCUT2D eigenvalue weighted by Gasteiger charge is -2.22. The number of benzene rings is 1. The normalized spacial score (nSPS) is 15.7. The lowest BCUT2D eigenvalue weighted by atomic mass is 9.95. The summed E-state index contributed by atoms with van der Waals surface area (Å²) in [6.45, 7) is 0.978. The molecule has 0 aliphatic heterocycles. The van der Waals surface area contributed by atoms with Crippen LogP contribution in [0.2, 0.25) is 0 Å². The highest BCUT2D eigenvalue weighted by molar-refractivity contribution is 8.00. The molecule has 1 aromatic carbocycles. The quantitative estimate of drug-likeness (QED) is 0.686. The van der Waals surface area contributed by atoms with Gasteiger partial charge in [0.05, 0.1) is 28.3 Å². The average Bonchev–Trinajstić information content (AvgIpc) is 3.02. The van der Waals surface area contributed by atoms with Crippen LogP contribution in [0.3, 0.4) is 0 Å². The summed E-state index contributed by atoms with van der Waals surface area (Å²) in [5.74, 6) is -0.278. The number of hydrogen-bond acceptors (Lipinski definition) is 5. The van der Waals surface area contributed by atoms with Crippen LogP contribution in [0.15, 0.2) is 23.2 Å². The molecule has 0 spiro atoms. The maximum absolute atomic E-state index is 13.5. The standard InChI is InChI=1S/C20H26FN3O3S2/c1-27-10-9-24-16-8-7-14(21)11-17(16)29-20(24)23-19(26)13-28-12-18(25)22-15-5-3-2-4-6-15/h7-8,11,15H,2-6,9-10,12-13H2,1H3,(H,22,25). The van der Waals surface area contributed by atoms with Crippen molar-refractivity contribution >= 4 is 45.1 Å². The number of rotatable bonds is 8. The molecule has 2 aromatic rings. The zero-order chi connectivity index (χ0) is 20.6. The minimum atomic E-state index is -0.324. The topological polar surface area (TPSA) is 72.7 Å². The van der Waals surface area contributed by atoms with Crippen molar-refractivity contribution in [3.05, 3.63) is 28.8 Å². The molecular weight excluding hydrogens is 413 g/mol. The molecule has 9 heteroatoms. The fourth-order valence-corrected chi connectivity index (χ4v) is 5.13.